The van der Waals surface area contributed by atoms with Crippen molar-refractivity contribution >= 4 is 32.7 Å². The van der Waals surface area contributed by atoms with E-state index in [1.807, 2.05) is 6.20 Å². The number of methoxy groups -OCH3 is 1. The summed E-state index contributed by atoms with van der Waals surface area (Å²) in [6.45, 7) is 1.98. The number of hydrogen-bond donors (Lipinski definition) is 1. The molecule has 3 heterocycles. The summed E-state index contributed by atoms with van der Waals surface area (Å²) >= 11 is 0. The molecule has 0 bridgehead atoms. The van der Waals surface area contributed by atoms with Gasteiger partial charge < -0.3 is 14.6 Å². The van der Waals surface area contributed by atoms with Gasteiger partial charge in [0.2, 0.25) is 0 Å². The monoisotopic (exact) mass is 484 g/mol. The van der Waals surface area contributed by atoms with Crippen LogP contribution in [-0.2, 0) is 0 Å². The summed E-state index contributed by atoms with van der Waals surface area (Å²) in [6, 6.07) is 30.2. The van der Waals surface area contributed by atoms with E-state index in [4.69, 9.17) is 14.7 Å². The van der Waals surface area contributed by atoms with Gasteiger partial charge in [-0.15, -0.1) is 0 Å². The number of rotatable bonds is 4. The number of aromatic nitrogens is 3. The highest BCUT2D eigenvalue weighted by Gasteiger charge is 2.26. The van der Waals surface area contributed by atoms with Crippen LogP contribution in [0.25, 0.3) is 55.2 Å². The van der Waals surface area contributed by atoms with Crippen molar-refractivity contribution in [2.45, 2.75) is 18.9 Å². The minimum absolute atomic E-state index is 0.323. The first-order valence-corrected chi connectivity index (χ1v) is 12.9. The molecular weight excluding hydrogens is 456 g/mol. The van der Waals surface area contributed by atoms with E-state index >= 15 is 0 Å². The second-order valence-electron chi connectivity index (χ2n) is 9.78. The summed E-state index contributed by atoms with van der Waals surface area (Å²) in [7, 11) is 1.74. The van der Waals surface area contributed by atoms with Gasteiger partial charge in [0, 0.05) is 17.8 Å². The molecule has 0 unspecified atom stereocenters. The Morgan fingerprint density at radius 3 is 2.41 bits per heavy atom. The lowest BCUT2D eigenvalue weighted by atomic mass is 10.0. The van der Waals surface area contributed by atoms with E-state index < -0.39 is 0 Å². The molecule has 1 aliphatic heterocycles. The third kappa shape index (κ3) is 3.74. The number of nitrogens with zero attached hydrogens (tertiary/aromatic N) is 3. The Morgan fingerprint density at radius 1 is 0.811 bits per heavy atom. The molecule has 1 N–H and O–H groups in total. The maximum absolute atomic E-state index is 5.89. The molecule has 4 aromatic carbocycles. The summed E-state index contributed by atoms with van der Waals surface area (Å²) in [5.41, 5.74) is 5.10. The zero-order valence-electron chi connectivity index (χ0n) is 20.8. The molecule has 5 heteroatoms. The van der Waals surface area contributed by atoms with E-state index in [9.17, 15) is 0 Å². The lowest BCUT2D eigenvalue weighted by molar-refractivity contribution is 0.375. The molecule has 0 amide bonds. The maximum Gasteiger partial charge on any atom is 0.160 e. The quantitative estimate of drug-likeness (QED) is 0.293. The molecule has 182 valence electrons. The fourth-order valence-corrected chi connectivity index (χ4v) is 5.75. The first-order chi connectivity index (χ1) is 18.3. The molecule has 2 aromatic heterocycles. The fourth-order valence-electron chi connectivity index (χ4n) is 5.75. The minimum Gasteiger partial charge on any atom is -0.496 e. The van der Waals surface area contributed by atoms with Crippen LogP contribution in [0, 0.1) is 0 Å². The Morgan fingerprint density at radius 2 is 1.57 bits per heavy atom. The van der Waals surface area contributed by atoms with Crippen LogP contribution in [0.2, 0.25) is 0 Å². The third-order valence-electron chi connectivity index (χ3n) is 7.62. The van der Waals surface area contributed by atoms with Gasteiger partial charge in [-0.25, -0.2) is 9.97 Å². The number of ether oxygens (including phenoxy) is 1. The minimum atomic E-state index is 0.323. The molecule has 0 spiro atoms. The smallest absolute Gasteiger partial charge is 0.160 e. The molecular formula is C32H28N4O. The number of hydrogen-bond acceptors (Lipinski definition) is 4. The van der Waals surface area contributed by atoms with E-state index in [0.717, 1.165) is 70.7 Å². The SMILES string of the molecule is COc1ccc2ccccc2c1-c1nc2cc(-c3ccc4ccccc4c3)cnc2n1C1CCNCC1. The van der Waals surface area contributed by atoms with Crippen molar-refractivity contribution in [3.63, 3.8) is 0 Å². The predicted molar refractivity (Wildman–Crippen MR) is 151 cm³/mol. The van der Waals surface area contributed by atoms with Crippen molar-refractivity contribution in [2.75, 3.05) is 20.2 Å². The molecule has 1 fully saturated rings. The average molecular weight is 485 g/mol. The zero-order chi connectivity index (χ0) is 24.8. The zero-order valence-corrected chi connectivity index (χ0v) is 20.8. The molecule has 1 saturated heterocycles. The van der Waals surface area contributed by atoms with Crippen LogP contribution in [0.3, 0.4) is 0 Å². The average Bonchev–Trinajstić information content (AvgIpc) is 3.35. The molecule has 37 heavy (non-hydrogen) atoms. The molecule has 0 aliphatic carbocycles. The predicted octanol–water partition coefficient (Wildman–Crippen LogP) is 7.00. The van der Waals surface area contributed by atoms with E-state index in [0.29, 0.717) is 6.04 Å². The lowest BCUT2D eigenvalue weighted by Gasteiger charge is -2.26. The molecule has 0 saturated carbocycles. The van der Waals surface area contributed by atoms with Crippen molar-refractivity contribution in [3.8, 4) is 28.3 Å². The number of imidazole rings is 1. The molecule has 0 atom stereocenters. The highest BCUT2D eigenvalue weighted by molar-refractivity contribution is 6.00. The van der Waals surface area contributed by atoms with Crippen molar-refractivity contribution in [1.82, 2.24) is 19.9 Å². The summed E-state index contributed by atoms with van der Waals surface area (Å²) in [5.74, 6) is 1.76. The van der Waals surface area contributed by atoms with Crippen LogP contribution < -0.4 is 10.1 Å². The van der Waals surface area contributed by atoms with E-state index in [-0.39, 0.29) is 0 Å². The van der Waals surface area contributed by atoms with Gasteiger partial charge in [0.1, 0.15) is 17.1 Å². The van der Waals surface area contributed by atoms with Gasteiger partial charge in [-0.2, -0.15) is 0 Å². The van der Waals surface area contributed by atoms with Crippen LogP contribution in [-0.4, -0.2) is 34.7 Å². The van der Waals surface area contributed by atoms with Crippen molar-refractivity contribution < 1.29 is 4.74 Å². The number of fused-ring (bicyclic) bond motifs is 3. The van der Waals surface area contributed by atoms with Crippen molar-refractivity contribution in [1.29, 1.82) is 0 Å². The standard InChI is InChI=1S/C32H28N4O/c1-37-29-13-12-22-7-4-5-9-27(22)30(29)32-35-28-19-25(24-11-10-21-6-2-3-8-23(21)18-24)20-34-31(28)36(32)26-14-16-33-17-15-26/h2-13,18-20,26,33H,14-17H2,1H3. The van der Waals surface area contributed by atoms with Gasteiger partial charge in [0.05, 0.1) is 12.7 Å². The van der Waals surface area contributed by atoms with E-state index in [2.05, 4.69) is 94.8 Å². The van der Waals surface area contributed by atoms with Crippen LogP contribution in [0.1, 0.15) is 18.9 Å². The first kappa shape index (κ1) is 22.0. The molecule has 6 aromatic rings. The molecule has 5 nitrogen and oxygen atoms in total. The Hall–Kier alpha value is -4.22. The number of benzene rings is 4. The summed E-state index contributed by atoms with van der Waals surface area (Å²) in [6.07, 6.45) is 4.08. The van der Waals surface area contributed by atoms with Gasteiger partial charge in [-0.1, -0.05) is 66.7 Å². The Labute approximate surface area is 215 Å². The van der Waals surface area contributed by atoms with Gasteiger partial charge >= 0.3 is 0 Å². The second-order valence-corrected chi connectivity index (χ2v) is 9.78. The fraction of sp³-hybridized carbons (Fsp3) is 0.188. The number of pyridine rings is 1. The van der Waals surface area contributed by atoms with E-state index in [1.165, 1.54) is 16.2 Å². The topological polar surface area (TPSA) is 52.0 Å². The van der Waals surface area contributed by atoms with Gasteiger partial charge in [-0.3, -0.25) is 0 Å². The van der Waals surface area contributed by atoms with Gasteiger partial charge in [-0.05, 0) is 71.2 Å². The van der Waals surface area contributed by atoms with Crippen LogP contribution >= 0.6 is 0 Å². The number of nitrogens with one attached hydrogen (secondary N) is 1. The summed E-state index contributed by atoms with van der Waals surface area (Å²) < 4.78 is 8.26. The molecule has 1 aliphatic rings. The molecule has 0 radical (unpaired) electrons. The van der Waals surface area contributed by atoms with E-state index in [1.54, 1.807) is 7.11 Å². The van der Waals surface area contributed by atoms with Gasteiger partial charge in [0.15, 0.2) is 5.65 Å². The normalized spacial score (nSPS) is 14.5. The van der Waals surface area contributed by atoms with Crippen molar-refractivity contribution in [3.05, 3.63) is 91.1 Å². The Bertz CT molecular complexity index is 1760. The summed E-state index contributed by atoms with van der Waals surface area (Å²) in [5, 5.41) is 8.28. The second kappa shape index (κ2) is 9.02. The Kier molecular flexibility index (Phi) is 5.37. The van der Waals surface area contributed by atoms with Crippen LogP contribution in [0.15, 0.2) is 91.1 Å². The molecule has 7 rings (SSSR count). The first-order valence-electron chi connectivity index (χ1n) is 12.9. The summed E-state index contributed by atoms with van der Waals surface area (Å²) in [4.78, 5) is 10.3. The van der Waals surface area contributed by atoms with Crippen LogP contribution in [0.5, 0.6) is 5.75 Å². The largest absolute Gasteiger partial charge is 0.496 e. The van der Waals surface area contributed by atoms with Crippen molar-refractivity contribution in [2.24, 2.45) is 0 Å². The highest BCUT2D eigenvalue weighted by atomic mass is 16.5. The highest BCUT2D eigenvalue weighted by Crippen LogP contribution is 2.40. The van der Waals surface area contributed by atoms with Crippen LogP contribution in [0.4, 0.5) is 0 Å². The lowest BCUT2D eigenvalue weighted by Crippen LogP contribution is -2.29. The third-order valence-corrected chi connectivity index (χ3v) is 7.62. The maximum atomic E-state index is 5.89. The van der Waals surface area contributed by atoms with Gasteiger partial charge in [0.25, 0.3) is 0 Å². The Balaban J connectivity index is 1.47. The number of piperidine rings is 1.